The second-order valence-electron chi connectivity index (χ2n) is 4.14. The molecule has 2 amide bonds. The first-order valence-electron chi connectivity index (χ1n) is 5.72. The number of methoxy groups -OCH3 is 1. The Bertz CT molecular complexity index is 200. The lowest BCUT2D eigenvalue weighted by Crippen LogP contribution is -2.46. The van der Waals surface area contributed by atoms with Gasteiger partial charge < -0.3 is 20.5 Å². The molecule has 0 aromatic heterocycles. The van der Waals surface area contributed by atoms with Gasteiger partial charge in [0.25, 0.3) is 0 Å². The molecule has 3 unspecified atom stereocenters. The molecule has 0 aliphatic rings. The van der Waals surface area contributed by atoms with E-state index >= 15 is 0 Å². The molecule has 0 heterocycles. The highest BCUT2D eigenvalue weighted by atomic mass is 16.5. The third-order valence-corrected chi connectivity index (χ3v) is 2.71. The van der Waals surface area contributed by atoms with Crippen LogP contribution in [0.5, 0.6) is 0 Å². The van der Waals surface area contributed by atoms with Crippen LogP contribution < -0.4 is 10.6 Å². The summed E-state index contributed by atoms with van der Waals surface area (Å²) in [5, 5.41) is 14.7. The van der Waals surface area contributed by atoms with Crippen molar-refractivity contribution in [2.75, 3.05) is 20.3 Å². The third kappa shape index (κ3) is 6.63. The van der Waals surface area contributed by atoms with E-state index in [0.29, 0.717) is 5.92 Å². The molecule has 3 N–H and O–H groups in total. The van der Waals surface area contributed by atoms with Crippen molar-refractivity contribution in [2.24, 2.45) is 5.92 Å². The minimum atomic E-state index is -0.658. The standard InChI is InChI=1S/C11H24N2O3/c1-5-8(2)9(3)13-11(15)12-6-10(14)7-16-4/h8-10,14H,5-7H2,1-4H3,(H2,12,13,15). The summed E-state index contributed by atoms with van der Waals surface area (Å²) in [5.41, 5.74) is 0. The van der Waals surface area contributed by atoms with Gasteiger partial charge in [0, 0.05) is 19.7 Å². The molecule has 16 heavy (non-hydrogen) atoms. The highest BCUT2D eigenvalue weighted by molar-refractivity contribution is 5.74. The quantitative estimate of drug-likeness (QED) is 0.606. The summed E-state index contributed by atoms with van der Waals surface area (Å²) in [6, 6.07) is -0.118. The smallest absolute Gasteiger partial charge is 0.315 e. The normalized spacial score (nSPS) is 16.3. The summed E-state index contributed by atoms with van der Waals surface area (Å²) in [7, 11) is 1.51. The van der Waals surface area contributed by atoms with Crippen LogP contribution in [0.1, 0.15) is 27.2 Å². The van der Waals surface area contributed by atoms with Gasteiger partial charge in [-0.05, 0) is 12.8 Å². The molecule has 0 aromatic carbocycles. The number of hydrogen-bond acceptors (Lipinski definition) is 3. The lowest BCUT2D eigenvalue weighted by molar-refractivity contribution is 0.0658. The Morgan fingerprint density at radius 3 is 2.56 bits per heavy atom. The Balaban J connectivity index is 3.73. The van der Waals surface area contributed by atoms with Gasteiger partial charge in [-0.15, -0.1) is 0 Å². The molecule has 3 atom stereocenters. The Hall–Kier alpha value is -0.810. The Morgan fingerprint density at radius 1 is 1.44 bits per heavy atom. The molecular weight excluding hydrogens is 208 g/mol. The number of urea groups is 1. The Labute approximate surface area is 97.6 Å². The molecule has 0 fully saturated rings. The van der Waals surface area contributed by atoms with E-state index in [4.69, 9.17) is 4.74 Å². The molecular formula is C11H24N2O3. The van der Waals surface area contributed by atoms with Crippen LogP contribution in [0.4, 0.5) is 4.79 Å². The van der Waals surface area contributed by atoms with Gasteiger partial charge in [0.2, 0.25) is 0 Å². The monoisotopic (exact) mass is 232 g/mol. The number of amides is 2. The zero-order valence-electron chi connectivity index (χ0n) is 10.6. The number of rotatable bonds is 7. The lowest BCUT2D eigenvalue weighted by Gasteiger charge is -2.20. The average molecular weight is 232 g/mol. The van der Waals surface area contributed by atoms with Gasteiger partial charge in [0.1, 0.15) is 0 Å². The van der Waals surface area contributed by atoms with Crippen LogP contribution in [0.15, 0.2) is 0 Å². The van der Waals surface area contributed by atoms with Crippen molar-refractivity contribution in [1.82, 2.24) is 10.6 Å². The number of carbonyl (C=O) groups is 1. The number of nitrogens with one attached hydrogen (secondary N) is 2. The lowest BCUT2D eigenvalue weighted by atomic mass is 10.0. The van der Waals surface area contributed by atoms with Crippen molar-refractivity contribution in [1.29, 1.82) is 0 Å². The van der Waals surface area contributed by atoms with Crippen molar-refractivity contribution >= 4 is 6.03 Å². The third-order valence-electron chi connectivity index (χ3n) is 2.71. The van der Waals surface area contributed by atoms with Crippen molar-refractivity contribution in [3.05, 3.63) is 0 Å². The first kappa shape index (κ1) is 15.2. The van der Waals surface area contributed by atoms with Crippen LogP contribution in [0, 0.1) is 5.92 Å². The van der Waals surface area contributed by atoms with Gasteiger partial charge >= 0.3 is 6.03 Å². The van der Waals surface area contributed by atoms with E-state index in [9.17, 15) is 9.90 Å². The molecule has 0 bridgehead atoms. The fourth-order valence-corrected chi connectivity index (χ4v) is 1.22. The van der Waals surface area contributed by atoms with Gasteiger partial charge in [-0.25, -0.2) is 4.79 Å². The second-order valence-corrected chi connectivity index (χ2v) is 4.14. The summed E-state index contributed by atoms with van der Waals surface area (Å²) in [6.45, 7) is 6.57. The predicted molar refractivity (Wildman–Crippen MR) is 63.3 cm³/mol. The highest BCUT2D eigenvalue weighted by Crippen LogP contribution is 2.05. The zero-order chi connectivity index (χ0) is 12.6. The minimum Gasteiger partial charge on any atom is -0.389 e. The number of aliphatic hydroxyl groups is 1. The van der Waals surface area contributed by atoms with Crippen LogP contribution in [-0.2, 0) is 4.74 Å². The molecule has 0 spiro atoms. The Kier molecular flexibility index (Phi) is 7.93. The molecule has 5 nitrogen and oxygen atoms in total. The first-order valence-corrected chi connectivity index (χ1v) is 5.72. The van der Waals surface area contributed by atoms with E-state index in [-0.39, 0.29) is 25.2 Å². The molecule has 0 aromatic rings. The molecule has 0 radical (unpaired) electrons. The fraction of sp³-hybridized carbons (Fsp3) is 0.909. The van der Waals surface area contributed by atoms with E-state index < -0.39 is 6.10 Å². The SMILES string of the molecule is CCC(C)C(C)NC(=O)NCC(O)COC. The van der Waals surface area contributed by atoms with Gasteiger partial charge in [-0.2, -0.15) is 0 Å². The first-order chi connectivity index (χ1) is 7.51. The topological polar surface area (TPSA) is 70.6 Å². The van der Waals surface area contributed by atoms with Gasteiger partial charge in [-0.1, -0.05) is 20.3 Å². The number of carbonyl (C=O) groups excluding carboxylic acids is 1. The fourth-order valence-electron chi connectivity index (χ4n) is 1.22. The van der Waals surface area contributed by atoms with Gasteiger partial charge in [0.05, 0.1) is 12.7 Å². The molecule has 0 saturated heterocycles. The van der Waals surface area contributed by atoms with Crippen LogP contribution in [0.3, 0.4) is 0 Å². The average Bonchev–Trinajstić information content (AvgIpc) is 2.25. The highest BCUT2D eigenvalue weighted by Gasteiger charge is 2.13. The maximum atomic E-state index is 11.4. The van der Waals surface area contributed by atoms with Gasteiger partial charge in [0.15, 0.2) is 0 Å². The van der Waals surface area contributed by atoms with Crippen molar-refractivity contribution in [3.63, 3.8) is 0 Å². The van der Waals surface area contributed by atoms with Crippen molar-refractivity contribution in [3.8, 4) is 0 Å². The summed E-state index contributed by atoms with van der Waals surface area (Å²) in [4.78, 5) is 11.4. The largest absolute Gasteiger partial charge is 0.389 e. The summed E-state index contributed by atoms with van der Waals surface area (Å²) >= 11 is 0. The summed E-state index contributed by atoms with van der Waals surface area (Å²) < 4.78 is 4.75. The zero-order valence-corrected chi connectivity index (χ0v) is 10.6. The molecule has 96 valence electrons. The van der Waals surface area contributed by atoms with E-state index in [1.165, 1.54) is 7.11 Å². The van der Waals surface area contributed by atoms with Crippen molar-refractivity contribution < 1.29 is 14.6 Å². The molecule has 0 aliphatic carbocycles. The summed E-state index contributed by atoms with van der Waals surface area (Å²) in [6.07, 6.45) is 0.364. The van der Waals surface area contributed by atoms with E-state index in [2.05, 4.69) is 24.5 Å². The Morgan fingerprint density at radius 2 is 2.06 bits per heavy atom. The number of hydrogen-bond donors (Lipinski definition) is 3. The van der Waals surface area contributed by atoms with E-state index in [0.717, 1.165) is 6.42 Å². The maximum Gasteiger partial charge on any atom is 0.315 e. The molecule has 0 saturated carbocycles. The van der Waals surface area contributed by atoms with Crippen molar-refractivity contribution in [2.45, 2.75) is 39.3 Å². The molecule has 0 aliphatic heterocycles. The van der Waals surface area contributed by atoms with Gasteiger partial charge in [-0.3, -0.25) is 0 Å². The van der Waals surface area contributed by atoms with E-state index in [1.807, 2.05) is 6.92 Å². The van der Waals surface area contributed by atoms with E-state index in [1.54, 1.807) is 0 Å². The summed E-state index contributed by atoms with van der Waals surface area (Å²) in [5.74, 6) is 0.439. The predicted octanol–water partition coefficient (Wildman–Crippen LogP) is 0.728. The number of aliphatic hydroxyl groups excluding tert-OH is 1. The minimum absolute atomic E-state index is 0.129. The maximum absolute atomic E-state index is 11.4. The van der Waals surface area contributed by atoms with Crippen LogP contribution in [0.2, 0.25) is 0 Å². The van der Waals surface area contributed by atoms with Crippen LogP contribution in [-0.4, -0.2) is 43.5 Å². The molecule has 5 heteroatoms. The molecule has 0 rings (SSSR count). The second kappa shape index (κ2) is 8.35. The van der Waals surface area contributed by atoms with Crippen LogP contribution in [0.25, 0.3) is 0 Å². The van der Waals surface area contributed by atoms with Crippen LogP contribution >= 0.6 is 0 Å². The number of ether oxygens (including phenoxy) is 1.